The third-order valence-electron chi connectivity index (χ3n) is 3.84. The van der Waals surface area contributed by atoms with Crippen LogP contribution in [0.25, 0.3) is 0 Å². The fraction of sp³-hybridized carbons (Fsp3) is 0.294. The predicted octanol–water partition coefficient (Wildman–Crippen LogP) is 3.94. The van der Waals surface area contributed by atoms with Crippen molar-refractivity contribution in [1.82, 2.24) is 4.90 Å². The highest BCUT2D eigenvalue weighted by Crippen LogP contribution is 2.19. The Balaban J connectivity index is 1.59. The number of nitrogens with zero attached hydrogens (tertiary/aromatic N) is 1. The van der Waals surface area contributed by atoms with Gasteiger partial charge in [-0.3, -0.25) is 4.90 Å². The van der Waals surface area contributed by atoms with Crippen LogP contribution in [-0.2, 0) is 19.4 Å². The summed E-state index contributed by atoms with van der Waals surface area (Å²) in [7, 11) is 0. The quantitative estimate of drug-likeness (QED) is 0.817. The van der Waals surface area contributed by atoms with Gasteiger partial charge in [0, 0.05) is 24.7 Å². The molecule has 2 heteroatoms. The van der Waals surface area contributed by atoms with Crippen molar-refractivity contribution < 1.29 is 0 Å². The number of hydrogen-bond acceptors (Lipinski definition) is 1. The van der Waals surface area contributed by atoms with Gasteiger partial charge in [0.05, 0.1) is 0 Å². The molecule has 0 amide bonds. The smallest absolute Gasteiger partial charge is 0.0406 e. The molecule has 0 bridgehead atoms. The van der Waals surface area contributed by atoms with Crippen molar-refractivity contribution in [2.75, 3.05) is 13.1 Å². The second kappa shape index (κ2) is 5.77. The minimum Gasteiger partial charge on any atom is -0.298 e. The molecule has 1 nitrogen and oxygen atoms in total. The highest BCUT2D eigenvalue weighted by molar-refractivity contribution is 6.30. The Labute approximate surface area is 119 Å². The first kappa shape index (κ1) is 12.7. The van der Waals surface area contributed by atoms with Crippen molar-refractivity contribution in [2.45, 2.75) is 19.4 Å². The zero-order valence-electron chi connectivity index (χ0n) is 11.0. The molecule has 1 aliphatic heterocycles. The third kappa shape index (κ3) is 3.17. The molecule has 19 heavy (non-hydrogen) atoms. The van der Waals surface area contributed by atoms with Gasteiger partial charge in [-0.15, -0.1) is 0 Å². The monoisotopic (exact) mass is 271 g/mol. The Morgan fingerprint density at radius 1 is 0.947 bits per heavy atom. The van der Waals surface area contributed by atoms with E-state index in [9.17, 15) is 0 Å². The first-order valence-corrected chi connectivity index (χ1v) is 7.23. The highest BCUT2D eigenvalue weighted by Gasteiger charge is 2.14. The van der Waals surface area contributed by atoms with Crippen LogP contribution >= 0.6 is 11.6 Å². The van der Waals surface area contributed by atoms with Crippen molar-refractivity contribution in [1.29, 1.82) is 0 Å². The van der Waals surface area contributed by atoms with Crippen LogP contribution in [0.2, 0.25) is 5.02 Å². The minimum atomic E-state index is 0.815. The topological polar surface area (TPSA) is 3.24 Å². The first-order chi connectivity index (χ1) is 9.31. The zero-order chi connectivity index (χ0) is 13.1. The number of rotatable bonds is 3. The molecular weight excluding hydrogens is 254 g/mol. The number of halogens is 1. The molecule has 0 radical (unpaired) electrons. The van der Waals surface area contributed by atoms with Gasteiger partial charge < -0.3 is 0 Å². The van der Waals surface area contributed by atoms with E-state index in [1.165, 1.54) is 29.7 Å². The van der Waals surface area contributed by atoms with Gasteiger partial charge >= 0.3 is 0 Å². The van der Waals surface area contributed by atoms with E-state index >= 15 is 0 Å². The van der Waals surface area contributed by atoms with E-state index in [1.807, 2.05) is 12.1 Å². The number of hydrogen-bond donors (Lipinski definition) is 0. The zero-order valence-corrected chi connectivity index (χ0v) is 11.7. The molecule has 2 aromatic rings. The standard InChI is InChI=1S/C17H18ClN/c18-17-7-5-14(6-8-17)9-11-19-12-10-15-3-1-2-4-16(15)13-19/h1-8H,9-13H2. The van der Waals surface area contributed by atoms with Crippen LogP contribution in [0.4, 0.5) is 0 Å². The summed E-state index contributed by atoms with van der Waals surface area (Å²) in [4.78, 5) is 2.54. The lowest BCUT2D eigenvalue weighted by Crippen LogP contribution is -2.32. The Hall–Kier alpha value is -1.31. The Morgan fingerprint density at radius 2 is 1.68 bits per heavy atom. The van der Waals surface area contributed by atoms with Gasteiger partial charge in [-0.05, 0) is 41.7 Å². The van der Waals surface area contributed by atoms with Crippen molar-refractivity contribution in [3.05, 3.63) is 70.2 Å². The lowest BCUT2D eigenvalue weighted by atomic mass is 9.99. The van der Waals surface area contributed by atoms with Gasteiger partial charge in [0.15, 0.2) is 0 Å². The largest absolute Gasteiger partial charge is 0.298 e. The summed E-state index contributed by atoms with van der Waals surface area (Å²) in [6.45, 7) is 3.38. The van der Waals surface area contributed by atoms with Crippen molar-refractivity contribution >= 4 is 11.6 Å². The number of benzene rings is 2. The average molecular weight is 272 g/mol. The predicted molar refractivity (Wildman–Crippen MR) is 80.6 cm³/mol. The highest BCUT2D eigenvalue weighted by atomic mass is 35.5. The fourth-order valence-electron chi connectivity index (χ4n) is 2.68. The molecule has 0 saturated carbocycles. The third-order valence-corrected chi connectivity index (χ3v) is 4.09. The summed E-state index contributed by atoms with van der Waals surface area (Å²) >= 11 is 5.91. The van der Waals surface area contributed by atoms with Crippen LogP contribution in [0.1, 0.15) is 16.7 Å². The van der Waals surface area contributed by atoms with E-state index in [2.05, 4.69) is 41.3 Å². The molecule has 98 valence electrons. The van der Waals surface area contributed by atoms with Gasteiger partial charge in [-0.2, -0.15) is 0 Å². The molecular formula is C17H18ClN. The molecule has 0 aliphatic carbocycles. The van der Waals surface area contributed by atoms with Gasteiger partial charge in [0.1, 0.15) is 0 Å². The Morgan fingerprint density at radius 3 is 2.47 bits per heavy atom. The maximum Gasteiger partial charge on any atom is 0.0406 e. The molecule has 0 aromatic heterocycles. The molecule has 2 aromatic carbocycles. The van der Waals surface area contributed by atoms with Crippen LogP contribution in [0, 0.1) is 0 Å². The van der Waals surface area contributed by atoms with E-state index in [0.29, 0.717) is 0 Å². The molecule has 0 N–H and O–H groups in total. The van der Waals surface area contributed by atoms with Crippen LogP contribution in [0.5, 0.6) is 0 Å². The maximum absolute atomic E-state index is 5.91. The van der Waals surface area contributed by atoms with Crippen LogP contribution in [-0.4, -0.2) is 18.0 Å². The van der Waals surface area contributed by atoms with Gasteiger partial charge in [-0.1, -0.05) is 48.0 Å². The molecule has 0 fully saturated rings. The molecule has 0 spiro atoms. The molecule has 1 heterocycles. The van der Waals surface area contributed by atoms with Crippen LogP contribution < -0.4 is 0 Å². The average Bonchev–Trinajstić information content (AvgIpc) is 2.46. The number of fused-ring (bicyclic) bond motifs is 1. The van der Waals surface area contributed by atoms with Crippen LogP contribution in [0.15, 0.2) is 48.5 Å². The van der Waals surface area contributed by atoms with Crippen molar-refractivity contribution in [3.8, 4) is 0 Å². The van der Waals surface area contributed by atoms with E-state index < -0.39 is 0 Å². The Kier molecular flexibility index (Phi) is 3.86. The summed E-state index contributed by atoms with van der Waals surface area (Å²) in [5.41, 5.74) is 4.37. The molecule has 1 aliphatic rings. The normalized spacial score (nSPS) is 15.2. The summed E-state index contributed by atoms with van der Waals surface area (Å²) in [5, 5.41) is 0.815. The molecule has 3 rings (SSSR count). The molecule has 0 saturated heterocycles. The van der Waals surface area contributed by atoms with E-state index in [-0.39, 0.29) is 0 Å². The second-order valence-corrected chi connectivity index (χ2v) is 5.61. The lowest BCUT2D eigenvalue weighted by molar-refractivity contribution is 0.257. The van der Waals surface area contributed by atoms with E-state index in [0.717, 1.165) is 24.5 Å². The second-order valence-electron chi connectivity index (χ2n) is 5.17. The summed E-state index contributed by atoms with van der Waals surface area (Å²) in [5.74, 6) is 0. The van der Waals surface area contributed by atoms with Gasteiger partial charge in [0.2, 0.25) is 0 Å². The Bertz CT molecular complexity index is 547. The summed E-state index contributed by atoms with van der Waals surface area (Å²) < 4.78 is 0. The van der Waals surface area contributed by atoms with Crippen LogP contribution in [0.3, 0.4) is 0 Å². The first-order valence-electron chi connectivity index (χ1n) is 6.85. The molecule has 0 unspecified atom stereocenters. The molecule has 0 atom stereocenters. The van der Waals surface area contributed by atoms with E-state index in [4.69, 9.17) is 11.6 Å². The van der Waals surface area contributed by atoms with Crippen molar-refractivity contribution in [3.63, 3.8) is 0 Å². The van der Waals surface area contributed by atoms with Gasteiger partial charge in [-0.25, -0.2) is 0 Å². The minimum absolute atomic E-state index is 0.815. The fourth-order valence-corrected chi connectivity index (χ4v) is 2.81. The lowest BCUT2D eigenvalue weighted by Gasteiger charge is -2.28. The SMILES string of the molecule is Clc1ccc(CCN2CCc3ccccc3C2)cc1. The summed E-state index contributed by atoms with van der Waals surface area (Å²) in [6, 6.07) is 17.0. The van der Waals surface area contributed by atoms with E-state index in [1.54, 1.807) is 0 Å². The van der Waals surface area contributed by atoms with Gasteiger partial charge in [0.25, 0.3) is 0 Å². The summed E-state index contributed by atoms with van der Waals surface area (Å²) in [6.07, 6.45) is 2.27. The maximum atomic E-state index is 5.91. The van der Waals surface area contributed by atoms with Crippen molar-refractivity contribution in [2.24, 2.45) is 0 Å².